The predicted octanol–water partition coefficient (Wildman–Crippen LogP) is 1.52. The van der Waals surface area contributed by atoms with Gasteiger partial charge >= 0.3 is 13.3 Å². The first-order valence-electron chi connectivity index (χ1n) is 8.85. The second kappa shape index (κ2) is 9.27. The maximum Gasteiger partial charge on any atom is 0.356 e. The first kappa shape index (κ1) is 22.0. The lowest BCUT2D eigenvalue weighted by Crippen LogP contribution is -2.36. The Morgan fingerprint density at radius 2 is 1.89 bits per heavy atom. The van der Waals surface area contributed by atoms with Gasteiger partial charge in [-0.1, -0.05) is 0 Å². The summed E-state index contributed by atoms with van der Waals surface area (Å²) in [6, 6.07) is 1.13. The molecule has 27 heavy (non-hydrogen) atoms. The standard InChI is InChI=1S/C16H28N3O7P/c1-11(2)25-27(22,26-12(3)4)10-23-15-8-13(18(5)24-15)9-19-7-6-14(20)17-16(19)21/h6-7,11-13,15H,8-10H2,1-5H3,(H,17,20,21)/t13-,15-/m0/s1. The van der Waals surface area contributed by atoms with Crippen LogP contribution in [0.1, 0.15) is 34.1 Å². The molecule has 0 spiro atoms. The minimum atomic E-state index is -3.42. The van der Waals surface area contributed by atoms with E-state index in [0.717, 1.165) is 0 Å². The number of hydroxylamine groups is 2. The van der Waals surface area contributed by atoms with Crippen LogP contribution in [0.15, 0.2) is 21.9 Å². The number of hydrogen-bond acceptors (Lipinski definition) is 8. The topological polar surface area (TPSA) is 112 Å². The Balaban J connectivity index is 1.96. The maximum atomic E-state index is 12.8. The molecule has 0 bridgehead atoms. The van der Waals surface area contributed by atoms with Gasteiger partial charge in [0.05, 0.1) is 18.2 Å². The zero-order chi connectivity index (χ0) is 20.2. The summed E-state index contributed by atoms with van der Waals surface area (Å²) in [4.78, 5) is 30.8. The summed E-state index contributed by atoms with van der Waals surface area (Å²) < 4.78 is 30.7. The summed E-state index contributed by atoms with van der Waals surface area (Å²) in [6.45, 7) is 7.40. The van der Waals surface area contributed by atoms with Crippen molar-refractivity contribution in [3.05, 3.63) is 33.1 Å². The quantitative estimate of drug-likeness (QED) is 0.616. The highest BCUT2D eigenvalue weighted by Gasteiger charge is 2.35. The van der Waals surface area contributed by atoms with Gasteiger partial charge in [-0.15, -0.1) is 0 Å². The summed E-state index contributed by atoms with van der Waals surface area (Å²) >= 11 is 0. The molecule has 1 aliphatic rings. The van der Waals surface area contributed by atoms with Crippen molar-refractivity contribution in [2.24, 2.45) is 0 Å². The molecule has 0 aliphatic carbocycles. The lowest BCUT2D eigenvalue weighted by Gasteiger charge is -2.23. The van der Waals surface area contributed by atoms with Crippen molar-refractivity contribution in [3.63, 3.8) is 0 Å². The fourth-order valence-corrected chi connectivity index (χ4v) is 4.50. The van der Waals surface area contributed by atoms with Crippen LogP contribution in [0.25, 0.3) is 0 Å². The lowest BCUT2D eigenvalue weighted by molar-refractivity contribution is -0.224. The van der Waals surface area contributed by atoms with E-state index in [0.29, 0.717) is 13.0 Å². The van der Waals surface area contributed by atoms with Crippen molar-refractivity contribution < 1.29 is 23.2 Å². The summed E-state index contributed by atoms with van der Waals surface area (Å²) in [5, 5.41) is 1.58. The average Bonchev–Trinajstić information content (AvgIpc) is 2.87. The Morgan fingerprint density at radius 1 is 1.26 bits per heavy atom. The normalized spacial score (nSPS) is 21.4. The molecule has 2 heterocycles. The van der Waals surface area contributed by atoms with Crippen LogP contribution in [0.3, 0.4) is 0 Å². The van der Waals surface area contributed by atoms with E-state index in [-0.39, 0.29) is 24.6 Å². The molecule has 0 saturated carbocycles. The molecule has 154 valence electrons. The van der Waals surface area contributed by atoms with Crippen molar-refractivity contribution in [3.8, 4) is 0 Å². The molecule has 1 saturated heterocycles. The molecule has 1 aromatic heterocycles. The van der Waals surface area contributed by atoms with E-state index in [1.807, 2.05) is 0 Å². The third-order valence-electron chi connectivity index (χ3n) is 3.73. The zero-order valence-electron chi connectivity index (χ0n) is 16.3. The number of ether oxygens (including phenoxy) is 1. The molecular formula is C16H28N3O7P. The zero-order valence-corrected chi connectivity index (χ0v) is 17.2. The fraction of sp³-hybridized carbons (Fsp3) is 0.750. The smallest absolute Gasteiger partial charge is 0.338 e. The van der Waals surface area contributed by atoms with E-state index in [1.165, 1.54) is 16.8 Å². The predicted molar refractivity (Wildman–Crippen MR) is 98.4 cm³/mol. The SMILES string of the molecule is CC(C)OP(=O)(CO[C@@H]1C[C@@H](Cn2ccc(=O)[nH]c2=O)N(C)O1)OC(C)C. The van der Waals surface area contributed by atoms with Gasteiger partial charge in [-0.2, -0.15) is 5.06 Å². The van der Waals surface area contributed by atoms with Gasteiger partial charge in [-0.3, -0.25) is 23.7 Å². The minimum Gasteiger partial charge on any atom is -0.338 e. The number of H-pyrrole nitrogens is 1. The molecule has 2 rings (SSSR count). The minimum absolute atomic E-state index is 0.157. The third kappa shape index (κ3) is 6.67. The molecular weight excluding hydrogens is 377 g/mol. The number of nitrogens with one attached hydrogen (secondary N) is 1. The lowest BCUT2D eigenvalue weighted by atomic mass is 10.2. The number of nitrogens with zero attached hydrogens (tertiary/aromatic N) is 2. The highest BCUT2D eigenvalue weighted by molar-refractivity contribution is 7.53. The van der Waals surface area contributed by atoms with Gasteiger partial charge in [0.15, 0.2) is 12.6 Å². The molecule has 0 amide bonds. The largest absolute Gasteiger partial charge is 0.356 e. The molecule has 1 aliphatic heterocycles. The van der Waals surface area contributed by atoms with Gasteiger partial charge in [0.25, 0.3) is 5.56 Å². The van der Waals surface area contributed by atoms with Crippen molar-refractivity contribution in [2.75, 3.05) is 13.4 Å². The van der Waals surface area contributed by atoms with Gasteiger partial charge in [-0.25, -0.2) is 4.79 Å². The van der Waals surface area contributed by atoms with Crippen molar-refractivity contribution in [1.82, 2.24) is 14.6 Å². The number of aromatic amines is 1. The van der Waals surface area contributed by atoms with Gasteiger partial charge < -0.3 is 13.8 Å². The van der Waals surface area contributed by atoms with Crippen molar-refractivity contribution >= 4 is 7.60 Å². The van der Waals surface area contributed by atoms with Crippen LogP contribution in [0, 0.1) is 0 Å². The molecule has 11 heteroatoms. The van der Waals surface area contributed by atoms with Gasteiger partial charge in [0.2, 0.25) is 0 Å². The van der Waals surface area contributed by atoms with Crippen LogP contribution in [-0.2, 0) is 29.7 Å². The van der Waals surface area contributed by atoms with E-state index in [4.69, 9.17) is 18.6 Å². The van der Waals surface area contributed by atoms with Crippen LogP contribution in [0.5, 0.6) is 0 Å². The monoisotopic (exact) mass is 405 g/mol. The fourth-order valence-electron chi connectivity index (χ4n) is 2.69. The number of rotatable bonds is 9. The van der Waals surface area contributed by atoms with Crippen molar-refractivity contribution in [2.45, 2.75) is 65.2 Å². The van der Waals surface area contributed by atoms with E-state index in [9.17, 15) is 14.2 Å². The van der Waals surface area contributed by atoms with Crippen molar-refractivity contribution in [1.29, 1.82) is 0 Å². The molecule has 1 aromatic rings. The van der Waals surface area contributed by atoms with E-state index in [2.05, 4.69) is 4.98 Å². The molecule has 0 radical (unpaired) electrons. The van der Waals surface area contributed by atoms with Crippen LogP contribution in [-0.4, -0.2) is 52.5 Å². The van der Waals surface area contributed by atoms with Gasteiger partial charge in [0, 0.05) is 32.3 Å². The second-order valence-corrected chi connectivity index (χ2v) is 8.85. The Bertz CT molecular complexity index is 762. The Labute approximate surface area is 157 Å². The molecule has 2 atom stereocenters. The van der Waals surface area contributed by atoms with Crippen LogP contribution >= 0.6 is 7.60 Å². The van der Waals surface area contributed by atoms with Crippen LogP contribution < -0.4 is 11.2 Å². The Kier molecular flexibility index (Phi) is 7.55. The summed E-state index contributed by atoms with van der Waals surface area (Å²) in [5.41, 5.74) is -0.931. The number of hydrogen-bond donors (Lipinski definition) is 1. The summed E-state index contributed by atoms with van der Waals surface area (Å²) in [7, 11) is -1.70. The van der Waals surface area contributed by atoms with E-state index in [1.54, 1.807) is 39.8 Å². The van der Waals surface area contributed by atoms with E-state index >= 15 is 0 Å². The Morgan fingerprint density at radius 3 is 2.44 bits per heavy atom. The third-order valence-corrected chi connectivity index (χ3v) is 5.68. The molecule has 10 nitrogen and oxygen atoms in total. The molecule has 1 N–H and O–H groups in total. The van der Waals surface area contributed by atoms with Crippen LogP contribution in [0.2, 0.25) is 0 Å². The summed E-state index contributed by atoms with van der Waals surface area (Å²) in [5.74, 6) is 0. The molecule has 0 unspecified atom stereocenters. The van der Waals surface area contributed by atoms with Crippen LogP contribution in [0.4, 0.5) is 0 Å². The summed E-state index contributed by atoms with van der Waals surface area (Å²) in [6.07, 6.45) is 0.469. The maximum absolute atomic E-state index is 12.8. The molecule has 1 fully saturated rings. The van der Waals surface area contributed by atoms with Gasteiger partial charge in [0.1, 0.15) is 0 Å². The first-order valence-corrected chi connectivity index (χ1v) is 10.6. The highest BCUT2D eigenvalue weighted by atomic mass is 31.2. The Hall–Kier alpha value is -1.29. The number of likely N-dealkylation sites (N-methyl/N-ethyl adjacent to an activating group) is 1. The average molecular weight is 405 g/mol. The molecule has 0 aromatic carbocycles. The number of aromatic nitrogens is 2. The second-order valence-electron chi connectivity index (χ2n) is 6.95. The van der Waals surface area contributed by atoms with Gasteiger partial charge in [-0.05, 0) is 27.7 Å². The van der Waals surface area contributed by atoms with E-state index < -0.39 is 25.1 Å². The highest BCUT2D eigenvalue weighted by Crippen LogP contribution is 2.50. The first-order chi connectivity index (χ1) is 12.6.